The molecule has 5 heteroatoms. The number of nitrogens with two attached hydrogens (primary N) is 1. The van der Waals surface area contributed by atoms with Crippen LogP contribution in [0.15, 0.2) is 30.3 Å². The fourth-order valence-corrected chi connectivity index (χ4v) is 4.62. The van der Waals surface area contributed by atoms with Crippen molar-refractivity contribution in [1.82, 2.24) is 14.9 Å². The Morgan fingerprint density at radius 3 is 2.73 bits per heavy atom. The van der Waals surface area contributed by atoms with E-state index < -0.39 is 0 Å². The maximum absolute atomic E-state index is 6.15. The van der Waals surface area contributed by atoms with Gasteiger partial charge in [0.15, 0.2) is 0 Å². The zero-order chi connectivity index (χ0) is 18.1. The van der Waals surface area contributed by atoms with Crippen molar-refractivity contribution in [2.24, 2.45) is 5.92 Å². The van der Waals surface area contributed by atoms with Crippen LogP contribution in [0.2, 0.25) is 0 Å². The summed E-state index contributed by atoms with van der Waals surface area (Å²) in [6, 6.07) is 10.7. The molecule has 2 aromatic rings. The van der Waals surface area contributed by atoms with E-state index in [2.05, 4.69) is 59.2 Å². The molecular weight excluding hydrogens is 322 g/mol. The van der Waals surface area contributed by atoms with Gasteiger partial charge in [-0.15, -0.1) is 0 Å². The zero-order valence-electron chi connectivity index (χ0n) is 15.9. The smallest absolute Gasteiger partial charge is 0.222 e. The van der Waals surface area contributed by atoms with Gasteiger partial charge in [-0.05, 0) is 51.3 Å². The van der Waals surface area contributed by atoms with Crippen molar-refractivity contribution in [1.29, 1.82) is 0 Å². The lowest BCUT2D eigenvalue weighted by Gasteiger charge is -2.29. The molecule has 1 unspecified atom stereocenters. The van der Waals surface area contributed by atoms with E-state index in [1.54, 1.807) is 0 Å². The Hall–Kier alpha value is -2.14. The number of hydrogen-bond acceptors (Lipinski definition) is 5. The second-order valence-corrected chi connectivity index (χ2v) is 7.99. The van der Waals surface area contributed by atoms with Gasteiger partial charge < -0.3 is 15.5 Å². The molecule has 1 fully saturated rings. The van der Waals surface area contributed by atoms with Gasteiger partial charge in [0.1, 0.15) is 5.82 Å². The van der Waals surface area contributed by atoms with Crippen molar-refractivity contribution in [2.75, 3.05) is 44.4 Å². The fraction of sp³-hybridized carbons (Fsp3) is 0.524. The topological polar surface area (TPSA) is 58.3 Å². The highest BCUT2D eigenvalue weighted by atomic mass is 15.2. The molecule has 138 valence electrons. The van der Waals surface area contributed by atoms with Crippen LogP contribution in [0, 0.1) is 5.92 Å². The van der Waals surface area contributed by atoms with Crippen LogP contribution in [0.25, 0.3) is 0 Å². The third-order valence-corrected chi connectivity index (χ3v) is 5.69. The second-order valence-electron chi connectivity index (χ2n) is 7.99. The van der Waals surface area contributed by atoms with Crippen molar-refractivity contribution < 1.29 is 0 Å². The maximum Gasteiger partial charge on any atom is 0.222 e. The lowest BCUT2D eigenvalue weighted by atomic mass is 9.82. The minimum Gasteiger partial charge on any atom is -0.368 e. The SMILES string of the molecule is CN(C)C[C@@H]1CCN(c2nc(N)nc3c2CCCC3c2ccccc2)C1. The number of fused-ring (bicyclic) bond motifs is 1. The third-order valence-electron chi connectivity index (χ3n) is 5.69. The second kappa shape index (κ2) is 7.23. The number of benzene rings is 1. The van der Waals surface area contributed by atoms with Gasteiger partial charge in [0.25, 0.3) is 0 Å². The molecular formula is C21H29N5. The molecule has 0 saturated carbocycles. The summed E-state index contributed by atoms with van der Waals surface area (Å²) in [5, 5.41) is 0. The first-order valence-corrected chi connectivity index (χ1v) is 9.72. The molecule has 0 spiro atoms. The van der Waals surface area contributed by atoms with E-state index in [4.69, 9.17) is 10.7 Å². The first kappa shape index (κ1) is 17.3. The molecule has 26 heavy (non-hydrogen) atoms. The minimum atomic E-state index is 0.337. The summed E-state index contributed by atoms with van der Waals surface area (Å²) in [5.74, 6) is 2.54. The van der Waals surface area contributed by atoms with Crippen LogP contribution in [0.5, 0.6) is 0 Å². The van der Waals surface area contributed by atoms with Crippen LogP contribution < -0.4 is 10.6 Å². The standard InChI is InChI=1S/C21H29N5/c1-25(2)13-15-11-12-26(14-15)20-18-10-6-9-17(16-7-4-3-5-8-16)19(18)23-21(22)24-20/h3-5,7-8,15,17H,6,9-14H2,1-2H3,(H2,22,23,24)/t15-,17?/m0/s1. The summed E-state index contributed by atoms with van der Waals surface area (Å²) in [6.07, 6.45) is 4.60. The van der Waals surface area contributed by atoms with Crippen LogP contribution in [0.3, 0.4) is 0 Å². The lowest BCUT2D eigenvalue weighted by Crippen LogP contribution is -2.28. The predicted octanol–water partition coefficient (Wildman–Crippen LogP) is 2.91. The first-order valence-electron chi connectivity index (χ1n) is 9.72. The predicted molar refractivity (Wildman–Crippen MR) is 107 cm³/mol. The molecule has 0 bridgehead atoms. The quantitative estimate of drug-likeness (QED) is 0.918. The van der Waals surface area contributed by atoms with E-state index in [0.717, 1.165) is 44.0 Å². The Labute approximate surface area is 156 Å². The largest absolute Gasteiger partial charge is 0.368 e. The van der Waals surface area contributed by atoms with Crippen molar-refractivity contribution in [3.8, 4) is 0 Å². The van der Waals surface area contributed by atoms with Gasteiger partial charge >= 0.3 is 0 Å². The van der Waals surface area contributed by atoms with Crippen LogP contribution >= 0.6 is 0 Å². The molecule has 2 aliphatic rings. The molecule has 1 aromatic heterocycles. The normalized spacial score (nSPS) is 22.7. The molecule has 1 saturated heterocycles. The number of anilines is 2. The van der Waals surface area contributed by atoms with E-state index in [9.17, 15) is 0 Å². The van der Waals surface area contributed by atoms with Crippen molar-refractivity contribution in [3.05, 3.63) is 47.2 Å². The van der Waals surface area contributed by atoms with Gasteiger partial charge in [0.05, 0.1) is 5.69 Å². The molecule has 4 rings (SSSR count). The molecule has 2 N–H and O–H groups in total. The van der Waals surface area contributed by atoms with Gasteiger partial charge in [0.2, 0.25) is 5.95 Å². The number of aromatic nitrogens is 2. The number of nitrogens with zero attached hydrogens (tertiary/aromatic N) is 4. The van der Waals surface area contributed by atoms with Gasteiger partial charge in [-0.2, -0.15) is 4.98 Å². The fourth-order valence-electron chi connectivity index (χ4n) is 4.62. The van der Waals surface area contributed by atoms with Gasteiger partial charge in [-0.25, -0.2) is 4.98 Å². The molecule has 2 atom stereocenters. The van der Waals surface area contributed by atoms with Crippen molar-refractivity contribution in [2.45, 2.75) is 31.6 Å². The minimum absolute atomic E-state index is 0.337. The van der Waals surface area contributed by atoms with Crippen LogP contribution in [-0.2, 0) is 6.42 Å². The van der Waals surface area contributed by atoms with Crippen LogP contribution in [-0.4, -0.2) is 48.6 Å². The van der Waals surface area contributed by atoms with E-state index >= 15 is 0 Å². The zero-order valence-corrected chi connectivity index (χ0v) is 15.9. The Balaban J connectivity index is 1.67. The highest BCUT2D eigenvalue weighted by molar-refractivity contribution is 5.55. The summed E-state index contributed by atoms with van der Waals surface area (Å²) in [7, 11) is 4.30. The first-order chi connectivity index (χ1) is 12.6. The van der Waals surface area contributed by atoms with E-state index in [1.165, 1.54) is 24.0 Å². The van der Waals surface area contributed by atoms with Crippen molar-refractivity contribution >= 4 is 11.8 Å². The Kier molecular flexibility index (Phi) is 4.81. The van der Waals surface area contributed by atoms with Crippen LogP contribution in [0.1, 0.15) is 42.0 Å². The van der Waals surface area contributed by atoms with Gasteiger partial charge in [-0.3, -0.25) is 0 Å². The maximum atomic E-state index is 6.15. The van der Waals surface area contributed by atoms with E-state index in [-0.39, 0.29) is 0 Å². The number of nitrogen functional groups attached to an aromatic ring is 1. The molecule has 0 radical (unpaired) electrons. The number of rotatable bonds is 4. The highest BCUT2D eigenvalue weighted by Gasteiger charge is 2.31. The van der Waals surface area contributed by atoms with Gasteiger partial charge in [-0.1, -0.05) is 30.3 Å². The van der Waals surface area contributed by atoms with Crippen LogP contribution in [0.4, 0.5) is 11.8 Å². The monoisotopic (exact) mass is 351 g/mol. The molecule has 0 amide bonds. The molecule has 1 aliphatic carbocycles. The summed E-state index contributed by atoms with van der Waals surface area (Å²) in [4.78, 5) is 14.1. The van der Waals surface area contributed by atoms with Crippen molar-refractivity contribution in [3.63, 3.8) is 0 Å². The summed E-state index contributed by atoms with van der Waals surface area (Å²) in [5.41, 5.74) is 9.96. The lowest BCUT2D eigenvalue weighted by molar-refractivity contribution is 0.340. The highest BCUT2D eigenvalue weighted by Crippen LogP contribution is 2.40. The molecule has 2 heterocycles. The molecule has 1 aromatic carbocycles. The van der Waals surface area contributed by atoms with Gasteiger partial charge in [0, 0.05) is 31.1 Å². The van der Waals surface area contributed by atoms with E-state index in [0.29, 0.717) is 17.8 Å². The Morgan fingerprint density at radius 2 is 1.96 bits per heavy atom. The average molecular weight is 351 g/mol. The van der Waals surface area contributed by atoms with E-state index in [1.807, 2.05) is 0 Å². The Morgan fingerprint density at radius 1 is 1.15 bits per heavy atom. The molecule has 5 nitrogen and oxygen atoms in total. The summed E-state index contributed by atoms with van der Waals surface area (Å²) < 4.78 is 0. The summed E-state index contributed by atoms with van der Waals surface area (Å²) >= 11 is 0. The average Bonchev–Trinajstić information content (AvgIpc) is 3.09. The molecule has 1 aliphatic heterocycles. The summed E-state index contributed by atoms with van der Waals surface area (Å²) in [6.45, 7) is 3.26. The third kappa shape index (κ3) is 3.40. The Bertz CT molecular complexity index is 758. The number of hydrogen-bond donors (Lipinski definition) is 1.